The number of aliphatic imine (C=N–C) groups is 1. The molecule has 0 amide bonds. The molecule has 5 aromatic carbocycles. The molecule has 0 aliphatic carbocycles. The molecule has 2 aliphatic heterocycles. The van der Waals surface area contributed by atoms with Crippen LogP contribution in [0.1, 0.15) is 33.7 Å². The molecule has 4 heteroatoms. The van der Waals surface area contributed by atoms with Gasteiger partial charge in [0.1, 0.15) is 0 Å². The zero-order chi connectivity index (χ0) is 32.5. The van der Waals surface area contributed by atoms with Crippen LogP contribution in [0.15, 0.2) is 133 Å². The highest BCUT2D eigenvalue weighted by molar-refractivity contribution is 6.08. The van der Waals surface area contributed by atoms with E-state index < -0.39 is 0 Å². The van der Waals surface area contributed by atoms with Crippen LogP contribution in [0.25, 0.3) is 49.7 Å². The predicted octanol–water partition coefficient (Wildman–Crippen LogP) is 10.9. The van der Waals surface area contributed by atoms with Gasteiger partial charge in [-0.15, -0.1) is 0 Å². The van der Waals surface area contributed by atoms with Crippen molar-refractivity contribution in [2.75, 3.05) is 4.90 Å². The molecule has 2 aliphatic rings. The Morgan fingerprint density at radius 2 is 1.23 bits per heavy atom. The Bertz CT molecular complexity index is 2430. The lowest BCUT2D eigenvalue weighted by Gasteiger charge is -2.29. The van der Waals surface area contributed by atoms with E-state index in [4.69, 9.17) is 0 Å². The van der Waals surface area contributed by atoms with E-state index in [1.165, 1.54) is 88.9 Å². The quantitative estimate of drug-likeness (QED) is 0.196. The standard InChI is InChI=1S/C44H36N4/c1-27-21-31(47-41-11-7-5-9-35(41)39-25-45-19-17-43(39)47)13-15-33(27)37-23-30(4)38(24-29(37)3)34-16-14-32(22-28(34)2)48-42-12-8-6-10-36(42)40-26-46-20-18-44(40)48/h5-26,39,43H,1-4H3. The van der Waals surface area contributed by atoms with Crippen LogP contribution < -0.4 is 4.90 Å². The molecule has 0 bridgehead atoms. The molecule has 7 aromatic rings. The third-order valence-corrected chi connectivity index (χ3v) is 10.4. The molecule has 2 aromatic heterocycles. The highest BCUT2D eigenvalue weighted by Gasteiger charge is 2.37. The lowest BCUT2D eigenvalue weighted by Crippen LogP contribution is -2.30. The molecular formula is C44H36N4. The molecule has 0 saturated carbocycles. The average Bonchev–Trinajstić information content (AvgIpc) is 3.63. The van der Waals surface area contributed by atoms with Crippen LogP contribution in [0.5, 0.6) is 0 Å². The summed E-state index contributed by atoms with van der Waals surface area (Å²) in [5.41, 5.74) is 17.6. The van der Waals surface area contributed by atoms with Gasteiger partial charge in [-0.2, -0.15) is 0 Å². The molecular weight excluding hydrogens is 585 g/mol. The molecule has 0 spiro atoms. The first kappa shape index (κ1) is 28.5. The molecule has 2 atom stereocenters. The van der Waals surface area contributed by atoms with Crippen molar-refractivity contribution in [3.8, 4) is 27.9 Å². The number of hydrogen-bond acceptors (Lipinski definition) is 3. The number of benzene rings is 5. The summed E-state index contributed by atoms with van der Waals surface area (Å²) in [7, 11) is 0. The summed E-state index contributed by atoms with van der Waals surface area (Å²) >= 11 is 0. The Morgan fingerprint density at radius 1 is 0.583 bits per heavy atom. The summed E-state index contributed by atoms with van der Waals surface area (Å²) < 4.78 is 2.36. The van der Waals surface area contributed by atoms with Gasteiger partial charge in [0, 0.05) is 58.6 Å². The Kier molecular flexibility index (Phi) is 6.48. The van der Waals surface area contributed by atoms with Crippen LogP contribution in [0, 0.1) is 27.7 Å². The van der Waals surface area contributed by atoms with Gasteiger partial charge >= 0.3 is 0 Å². The minimum Gasteiger partial charge on any atom is -0.333 e. The number of pyridine rings is 1. The molecule has 2 unspecified atom stereocenters. The Morgan fingerprint density at radius 3 is 2.00 bits per heavy atom. The fourth-order valence-electron chi connectivity index (χ4n) is 8.14. The van der Waals surface area contributed by atoms with E-state index in [1.807, 2.05) is 18.6 Å². The number of anilines is 2. The van der Waals surface area contributed by atoms with Crippen LogP contribution in [0.3, 0.4) is 0 Å². The van der Waals surface area contributed by atoms with Gasteiger partial charge in [-0.05, 0) is 126 Å². The molecule has 48 heavy (non-hydrogen) atoms. The molecule has 0 fully saturated rings. The van der Waals surface area contributed by atoms with E-state index in [9.17, 15) is 0 Å². The lowest BCUT2D eigenvalue weighted by atomic mass is 9.88. The maximum Gasteiger partial charge on any atom is 0.0659 e. The van der Waals surface area contributed by atoms with E-state index in [1.54, 1.807) is 0 Å². The topological polar surface area (TPSA) is 33.4 Å². The summed E-state index contributed by atoms with van der Waals surface area (Å²) in [4.78, 5) is 11.4. The fraction of sp³-hybridized carbons (Fsp3) is 0.136. The predicted molar refractivity (Wildman–Crippen MR) is 201 cm³/mol. The molecule has 4 heterocycles. The monoisotopic (exact) mass is 620 g/mol. The van der Waals surface area contributed by atoms with E-state index in [0.29, 0.717) is 0 Å². The summed E-state index contributed by atoms with van der Waals surface area (Å²) in [6.07, 6.45) is 10.1. The SMILES string of the molecule is Cc1cc(N2c3ccccc3C3C=NC=CC32)ccc1-c1cc(C)c(-c2ccc(-n3c4ccccc4c4cnccc43)cc2C)cc1C. The second-order valence-electron chi connectivity index (χ2n) is 13.3. The Labute approximate surface area is 281 Å². The molecule has 0 saturated heterocycles. The van der Waals surface area contributed by atoms with Crippen molar-refractivity contribution in [1.82, 2.24) is 9.55 Å². The Balaban J connectivity index is 1.07. The van der Waals surface area contributed by atoms with Crippen molar-refractivity contribution in [2.45, 2.75) is 39.7 Å². The molecule has 0 N–H and O–H groups in total. The van der Waals surface area contributed by atoms with Crippen molar-refractivity contribution in [3.05, 3.63) is 156 Å². The highest BCUT2D eigenvalue weighted by Crippen LogP contribution is 2.47. The Hall–Kier alpha value is -5.74. The minimum absolute atomic E-state index is 0.245. The highest BCUT2D eigenvalue weighted by atomic mass is 15.2. The van der Waals surface area contributed by atoms with Gasteiger partial charge in [-0.3, -0.25) is 9.98 Å². The third kappa shape index (κ3) is 4.29. The van der Waals surface area contributed by atoms with Crippen molar-refractivity contribution in [2.24, 2.45) is 4.99 Å². The van der Waals surface area contributed by atoms with Crippen LogP contribution in [0.4, 0.5) is 11.4 Å². The lowest BCUT2D eigenvalue weighted by molar-refractivity contribution is 0.779. The van der Waals surface area contributed by atoms with Crippen LogP contribution in [0.2, 0.25) is 0 Å². The normalized spacial score (nSPS) is 16.5. The molecule has 9 rings (SSSR count). The van der Waals surface area contributed by atoms with Crippen molar-refractivity contribution in [3.63, 3.8) is 0 Å². The molecule has 4 nitrogen and oxygen atoms in total. The van der Waals surface area contributed by atoms with Crippen molar-refractivity contribution < 1.29 is 0 Å². The van der Waals surface area contributed by atoms with Crippen molar-refractivity contribution >= 4 is 39.4 Å². The smallest absolute Gasteiger partial charge is 0.0659 e. The summed E-state index contributed by atoms with van der Waals surface area (Å²) in [6, 6.07) is 38.3. The van der Waals surface area contributed by atoms with Gasteiger partial charge in [0.15, 0.2) is 0 Å². The fourth-order valence-corrected chi connectivity index (χ4v) is 8.14. The minimum atomic E-state index is 0.245. The number of hydrogen-bond donors (Lipinski definition) is 0. The maximum atomic E-state index is 4.47. The zero-order valence-corrected chi connectivity index (χ0v) is 27.6. The first-order valence-corrected chi connectivity index (χ1v) is 16.7. The van der Waals surface area contributed by atoms with Crippen molar-refractivity contribution in [1.29, 1.82) is 0 Å². The van der Waals surface area contributed by atoms with Crippen LogP contribution in [-0.4, -0.2) is 21.8 Å². The number of para-hydroxylation sites is 2. The average molecular weight is 621 g/mol. The van der Waals surface area contributed by atoms with Gasteiger partial charge < -0.3 is 9.47 Å². The van der Waals surface area contributed by atoms with Crippen LogP contribution >= 0.6 is 0 Å². The number of fused-ring (bicyclic) bond motifs is 6. The first-order chi connectivity index (χ1) is 23.5. The number of nitrogens with zero attached hydrogens (tertiary/aromatic N) is 4. The largest absolute Gasteiger partial charge is 0.333 e. The third-order valence-electron chi connectivity index (χ3n) is 10.4. The van der Waals surface area contributed by atoms with E-state index >= 15 is 0 Å². The summed E-state index contributed by atoms with van der Waals surface area (Å²) in [5.74, 6) is 0.278. The van der Waals surface area contributed by atoms with E-state index in [-0.39, 0.29) is 12.0 Å². The number of aryl methyl sites for hydroxylation is 4. The van der Waals surface area contributed by atoms with Gasteiger partial charge in [0.05, 0.1) is 17.1 Å². The zero-order valence-electron chi connectivity index (χ0n) is 27.6. The van der Waals surface area contributed by atoms with E-state index in [0.717, 1.165) is 0 Å². The second kappa shape index (κ2) is 10.9. The van der Waals surface area contributed by atoms with Gasteiger partial charge in [-0.1, -0.05) is 60.7 Å². The van der Waals surface area contributed by atoms with Gasteiger partial charge in [-0.25, -0.2) is 0 Å². The molecule has 0 radical (unpaired) electrons. The first-order valence-electron chi connectivity index (χ1n) is 16.7. The number of aromatic nitrogens is 2. The van der Waals surface area contributed by atoms with Crippen LogP contribution in [-0.2, 0) is 0 Å². The summed E-state index contributed by atoms with van der Waals surface area (Å²) in [5, 5.41) is 2.40. The van der Waals surface area contributed by atoms with E-state index in [2.05, 4.69) is 163 Å². The maximum absolute atomic E-state index is 4.47. The summed E-state index contributed by atoms with van der Waals surface area (Å²) in [6.45, 7) is 8.96. The number of rotatable bonds is 4. The van der Waals surface area contributed by atoms with Gasteiger partial charge in [0.2, 0.25) is 0 Å². The second-order valence-corrected chi connectivity index (χ2v) is 13.3. The van der Waals surface area contributed by atoms with Gasteiger partial charge in [0.25, 0.3) is 0 Å². The molecule has 232 valence electrons.